The lowest BCUT2D eigenvalue weighted by Crippen LogP contribution is -2.61. The van der Waals surface area contributed by atoms with Gasteiger partial charge in [-0.25, -0.2) is 9.59 Å². The average Bonchev–Trinajstić information content (AvgIpc) is 2.86. The lowest BCUT2D eigenvalue weighted by molar-refractivity contribution is -0.282. The van der Waals surface area contributed by atoms with Gasteiger partial charge < -0.3 is 39.4 Å². The normalized spacial score (nSPS) is 23.6. The minimum absolute atomic E-state index is 0.0801. The minimum Gasteiger partial charge on any atom is -0.508 e. The van der Waals surface area contributed by atoms with Crippen molar-refractivity contribution < 1.29 is 53.8 Å². The number of hydrogen-bond donors (Lipinski definition) is 4. The summed E-state index contributed by atoms with van der Waals surface area (Å²) >= 11 is 0. The molecule has 0 aliphatic carbocycles. The Balaban J connectivity index is 1.67. The lowest BCUT2D eigenvalue weighted by atomic mass is 9.99. The van der Waals surface area contributed by atoms with E-state index in [-0.39, 0.29) is 11.5 Å². The molecule has 11 heteroatoms. The van der Waals surface area contributed by atoms with E-state index in [1.807, 2.05) is 0 Å². The van der Waals surface area contributed by atoms with Crippen LogP contribution >= 0.6 is 0 Å². The highest BCUT2D eigenvalue weighted by Gasteiger charge is 2.48. The van der Waals surface area contributed by atoms with Crippen molar-refractivity contribution in [1.29, 1.82) is 0 Å². The third-order valence-electron chi connectivity index (χ3n) is 5.19. The van der Waals surface area contributed by atoms with Gasteiger partial charge >= 0.3 is 17.9 Å². The Hall–Kier alpha value is -4.19. The summed E-state index contributed by atoms with van der Waals surface area (Å²) in [6.45, 7) is 0.677. The molecule has 0 spiro atoms. The van der Waals surface area contributed by atoms with Crippen LogP contribution < -0.4 is 4.74 Å². The summed E-state index contributed by atoms with van der Waals surface area (Å²) in [5.41, 5.74) is 1.22. The van der Waals surface area contributed by atoms with Crippen molar-refractivity contribution in [3.05, 3.63) is 71.8 Å². The summed E-state index contributed by atoms with van der Waals surface area (Å²) in [6, 6.07) is 12.3. The number of phenolic OH excluding ortho intramolecular Hbond substituents is 1. The first kappa shape index (κ1) is 27.4. The molecule has 5 atom stereocenters. The quantitative estimate of drug-likeness (QED) is 0.283. The van der Waals surface area contributed by atoms with Crippen LogP contribution in [0.5, 0.6) is 11.5 Å². The molecule has 196 valence electrons. The van der Waals surface area contributed by atoms with E-state index < -0.39 is 55.2 Å². The Kier molecular flexibility index (Phi) is 9.39. The van der Waals surface area contributed by atoms with Gasteiger partial charge in [0.25, 0.3) is 0 Å². The molecule has 1 fully saturated rings. The molecule has 1 aliphatic heterocycles. The standard InChI is InChI=1S/C26H26O11/c1-15(27)35-25-24(33)23(32)20(14-34-22(31)13-7-16-2-8-18(28)9-3-16)37-26(25)36-19-10-4-17(5-11-19)6-12-21(29)30/h2-13,20,23-26,28,32-33H,14H2,1H3,(H,29,30)/b12-6+,13-7+/t20-,23-,24-,25-,26-/m1/s1. The summed E-state index contributed by atoms with van der Waals surface area (Å²) in [6.07, 6.45) is -2.18. The molecular formula is C26H26O11. The van der Waals surface area contributed by atoms with Crippen molar-refractivity contribution in [2.45, 2.75) is 37.6 Å². The zero-order valence-corrected chi connectivity index (χ0v) is 19.7. The molecule has 1 heterocycles. The van der Waals surface area contributed by atoms with E-state index in [0.717, 1.165) is 19.1 Å². The highest BCUT2D eigenvalue weighted by atomic mass is 16.7. The number of aromatic hydroxyl groups is 1. The number of carboxylic acid groups (broad SMARTS) is 1. The molecule has 0 amide bonds. The first-order valence-electron chi connectivity index (χ1n) is 11.1. The summed E-state index contributed by atoms with van der Waals surface area (Å²) in [7, 11) is 0. The molecule has 2 aromatic rings. The number of rotatable bonds is 9. The SMILES string of the molecule is CC(=O)O[C@H]1[C@H](Oc2ccc(/C=C/C(=O)O)cc2)O[C@H](COC(=O)/C=C/c2ccc(O)cc2)[C@@H](O)[C@H]1O. The van der Waals surface area contributed by atoms with Crippen LogP contribution in [0.4, 0.5) is 0 Å². The number of ether oxygens (including phenoxy) is 4. The van der Waals surface area contributed by atoms with E-state index in [4.69, 9.17) is 24.1 Å². The number of aliphatic hydroxyl groups excluding tert-OH is 2. The average molecular weight is 514 g/mol. The lowest BCUT2D eigenvalue weighted by Gasteiger charge is -2.41. The maximum Gasteiger partial charge on any atom is 0.330 e. The second kappa shape index (κ2) is 12.7. The Labute approximate surface area is 211 Å². The van der Waals surface area contributed by atoms with E-state index in [0.29, 0.717) is 11.1 Å². The molecule has 4 N–H and O–H groups in total. The molecule has 37 heavy (non-hydrogen) atoms. The Morgan fingerprint density at radius 3 is 2.11 bits per heavy atom. The highest BCUT2D eigenvalue weighted by molar-refractivity contribution is 5.87. The molecule has 11 nitrogen and oxygen atoms in total. The largest absolute Gasteiger partial charge is 0.508 e. The predicted molar refractivity (Wildman–Crippen MR) is 128 cm³/mol. The van der Waals surface area contributed by atoms with Gasteiger partial charge in [-0.05, 0) is 47.5 Å². The smallest absolute Gasteiger partial charge is 0.330 e. The van der Waals surface area contributed by atoms with Crippen LogP contribution in [0.3, 0.4) is 0 Å². The fourth-order valence-electron chi connectivity index (χ4n) is 3.38. The monoisotopic (exact) mass is 514 g/mol. The molecular weight excluding hydrogens is 488 g/mol. The summed E-state index contributed by atoms with van der Waals surface area (Å²) < 4.78 is 21.7. The fourth-order valence-corrected chi connectivity index (χ4v) is 3.38. The van der Waals surface area contributed by atoms with Gasteiger partial charge in [-0.1, -0.05) is 24.3 Å². The number of aliphatic hydroxyl groups is 2. The Bertz CT molecular complexity index is 1140. The van der Waals surface area contributed by atoms with E-state index in [2.05, 4.69) is 0 Å². The molecule has 0 unspecified atom stereocenters. The van der Waals surface area contributed by atoms with E-state index >= 15 is 0 Å². The zero-order chi connectivity index (χ0) is 26.9. The van der Waals surface area contributed by atoms with Crippen LogP contribution in [0.1, 0.15) is 18.1 Å². The van der Waals surface area contributed by atoms with Crippen LogP contribution in [0.25, 0.3) is 12.2 Å². The van der Waals surface area contributed by atoms with Crippen molar-refractivity contribution in [1.82, 2.24) is 0 Å². The molecule has 0 aromatic heterocycles. The summed E-state index contributed by atoms with van der Waals surface area (Å²) in [4.78, 5) is 34.4. The number of aliphatic carboxylic acids is 1. The maximum atomic E-state index is 12.1. The van der Waals surface area contributed by atoms with E-state index in [1.165, 1.54) is 36.4 Å². The van der Waals surface area contributed by atoms with Gasteiger partial charge in [-0.3, -0.25) is 4.79 Å². The molecule has 1 saturated heterocycles. The van der Waals surface area contributed by atoms with Gasteiger partial charge in [-0.15, -0.1) is 0 Å². The molecule has 2 aromatic carbocycles. The minimum atomic E-state index is -1.61. The van der Waals surface area contributed by atoms with E-state index in [1.54, 1.807) is 24.3 Å². The number of carboxylic acids is 1. The van der Waals surface area contributed by atoms with Gasteiger partial charge in [0, 0.05) is 19.1 Å². The number of carbonyl (C=O) groups is 3. The predicted octanol–water partition coefficient (Wildman–Crippen LogP) is 1.50. The number of phenols is 1. The number of hydrogen-bond acceptors (Lipinski definition) is 10. The Morgan fingerprint density at radius 1 is 0.919 bits per heavy atom. The maximum absolute atomic E-state index is 12.1. The van der Waals surface area contributed by atoms with Crippen molar-refractivity contribution in [2.24, 2.45) is 0 Å². The van der Waals surface area contributed by atoms with Gasteiger partial charge in [0.15, 0.2) is 6.10 Å². The van der Waals surface area contributed by atoms with Crippen LogP contribution in [-0.4, -0.2) is 75.6 Å². The van der Waals surface area contributed by atoms with Crippen LogP contribution in [-0.2, 0) is 28.6 Å². The first-order chi connectivity index (χ1) is 17.6. The van der Waals surface area contributed by atoms with Crippen molar-refractivity contribution in [2.75, 3.05) is 6.61 Å². The van der Waals surface area contributed by atoms with Crippen molar-refractivity contribution >= 4 is 30.1 Å². The number of carbonyl (C=O) groups excluding carboxylic acids is 2. The third kappa shape index (κ3) is 8.17. The zero-order valence-electron chi connectivity index (χ0n) is 19.7. The first-order valence-corrected chi connectivity index (χ1v) is 11.1. The topological polar surface area (TPSA) is 169 Å². The second-order valence-corrected chi connectivity index (χ2v) is 8.01. The fraction of sp³-hybridized carbons (Fsp3) is 0.269. The summed E-state index contributed by atoms with van der Waals surface area (Å²) in [5, 5.41) is 39.1. The summed E-state index contributed by atoms with van der Waals surface area (Å²) in [5.74, 6) is -2.27. The highest BCUT2D eigenvalue weighted by Crippen LogP contribution is 2.27. The molecule has 1 aliphatic rings. The van der Waals surface area contributed by atoms with Gasteiger partial charge in [-0.2, -0.15) is 0 Å². The number of benzene rings is 2. The second-order valence-electron chi connectivity index (χ2n) is 8.01. The van der Waals surface area contributed by atoms with Crippen LogP contribution in [0.2, 0.25) is 0 Å². The van der Waals surface area contributed by atoms with Crippen LogP contribution in [0.15, 0.2) is 60.7 Å². The molecule has 0 bridgehead atoms. The van der Waals surface area contributed by atoms with Gasteiger partial charge in [0.2, 0.25) is 6.29 Å². The molecule has 0 radical (unpaired) electrons. The molecule has 3 rings (SSSR count). The van der Waals surface area contributed by atoms with Crippen molar-refractivity contribution in [3.63, 3.8) is 0 Å². The molecule has 0 saturated carbocycles. The van der Waals surface area contributed by atoms with Gasteiger partial charge in [0.05, 0.1) is 0 Å². The number of esters is 2. The van der Waals surface area contributed by atoms with Crippen molar-refractivity contribution in [3.8, 4) is 11.5 Å². The van der Waals surface area contributed by atoms with E-state index in [9.17, 15) is 29.7 Å². The third-order valence-corrected chi connectivity index (χ3v) is 5.19. The Morgan fingerprint density at radius 2 is 1.51 bits per heavy atom. The van der Waals surface area contributed by atoms with Crippen LogP contribution in [0, 0.1) is 0 Å². The van der Waals surface area contributed by atoms with Gasteiger partial charge in [0.1, 0.15) is 36.4 Å².